The number of benzene rings is 3. The van der Waals surface area contributed by atoms with Gasteiger partial charge in [-0.25, -0.2) is 4.90 Å². The lowest BCUT2D eigenvalue weighted by atomic mass is 10.1. The predicted octanol–water partition coefficient (Wildman–Crippen LogP) is 3.57. The molecule has 0 unspecified atom stereocenters. The van der Waals surface area contributed by atoms with Gasteiger partial charge in [-0.2, -0.15) is 0 Å². The van der Waals surface area contributed by atoms with Gasteiger partial charge in [-0.3, -0.25) is 29.3 Å². The molecule has 4 rings (SSSR count). The van der Waals surface area contributed by atoms with Crippen LogP contribution in [0.25, 0.3) is 0 Å². The van der Waals surface area contributed by atoms with E-state index in [1.165, 1.54) is 67.6 Å². The number of hydrogen-bond acceptors (Lipinski definition) is 7. The highest BCUT2D eigenvalue weighted by atomic mass is 16.6. The van der Waals surface area contributed by atoms with Crippen LogP contribution in [0.3, 0.4) is 0 Å². The van der Waals surface area contributed by atoms with Crippen molar-refractivity contribution in [3.05, 3.63) is 93.5 Å². The average Bonchev–Trinajstić information content (AvgIpc) is 3.03. The van der Waals surface area contributed by atoms with Crippen molar-refractivity contribution in [1.29, 1.82) is 0 Å². The van der Waals surface area contributed by atoms with Gasteiger partial charge in [-0.05, 0) is 48.5 Å². The van der Waals surface area contributed by atoms with E-state index < -0.39 is 28.6 Å². The first-order chi connectivity index (χ1) is 15.7. The molecule has 0 radical (unpaired) electrons. The molecule has 33 heavy (non-hydrogen) atoms. The van der Waals surface area contributed by atoms with E-state index in [2.05, 4.69) is 5.32 Å². The molecule has 10 heteroatoms. The Morgan fingerprint density at radius 3 is 2.30 bits per heavy atom. The van der Waals surface area contributed by atoms with Gasteiger partial charge in [0, 0.05) is 30.3 Å². The summed E-state index contributed by atoms with van der Waals surface area (Å²) in [5.41, 5.74) is 0.644. The van der Waals surface area contributed by atoms with Crippen LogP contribution in [0.4, 0.5) is 17.1 Å². The van der Waals surface area contributed by atoms with Gasteiger partial charge in [-0.1, -0.05) is 6.07 Å². The third kappa shape index (κ3) is 4.17. The lowest BCUT2D eigenvalue weighted by Gasteiger charge is -2.14. The maximum absolute atomic E-state index is 12.9. The molecule has 0 spiro atoms. The Balaban J connectivity index is 1.56. The van der Waals surface area contributed by atoms with E-state index in [0.717, 1.165) is 11.0 Å². The molecule has 0 fully saturated rings. The van der Waals surface area contributed by atoms with Gasteiger partial charge < -0.3 is 10.1 Å². The van der Waals surface area contributed by atoms with Crippen LogP contribution in [-0.2, 0) is 4.79 Å². The summed E-state index contributed by atoms with van der Waals surface area (Å²) in [6.07, 6.45) is 0. The minimum atomic E-state index is -0.607. The number of nitro benzene ring substituents is 1. The summed E-state index contributed by atoms with van der Waals surface area (Å²) in [4.78, 5) is 60.6. The van der Waals surface area contributed by atoms with E-state index in [1.807, 2.05) is 0 Å². The van der Waals surface area contributed by atoms with Crippen LogP contribution in [0.15, 0.2) is 66.7 Å². The highest BCUT2D eigenvalue weighted by Gasteiger charge is 2.37. The van der Waals surface area contributed by atoms with Crippen LogP contribution in [0.1, 0.15) is 38.0 Å². The maximum atomic E-state index is 12.9. The number of fused-ring (bicyclic) bond motifs is 1. The highest BCUT2D eigenvalue weighted by Crippen LogP contribution is 2.31. The SMILES string of the molecule is CC(=O)Oc1ccc(N2C(=O)c3ccc(NC(=O)c4cccc([N+](=O)[O-])c4)cc3C2=O)cc1. The van der Waals surface area contributed by atoms with Gasteiger partial charge >= 0.3 is 5.97 Å². The molecular formula is C23H15N3O7. The molecule has 0 saturated heterocycles. The van der Waals surface area contributed by atoms with Crippen LogP contribution < -0.4 is 15.0 Å². The number of amides is 3. The average molecular weight is 445 g/mol. The van der Waals surface area contributed by atoms with Crippen molar-refractivity contribution < 1.29 is 28.8 Å². The second kappa shape index (κ2) is 8.35. The number of esters is 1. The number of anilines is 2. The number of hydrogen-bond donors (Lipinski definition) is 1. The fourth-order valence-corrected chi connectivity index (χ4v) is 3.35. The number of imide groups is 1. The molecule has 10 nitrogen and oxygen atoms in total. The quantitative estimate of drug-likeness (QED) is 0.208. The number of rotatable bonds is 5. The number of nitro groups is 1. The molecule has 3 amide bonds. The maximum Gasteiger partial charge on any atom is 0.308 e. The van der Waals surface area contributed by atoms with E-state index in [4.69, 9.17) is 4.74 Å². The van der Waals surface area contributed by atoms with Gasteiger partial charge in [0.1, 0.15) is 5.75 Å². The van der Waals surface area contributed by atoms with Crippen LogP contribution >= 0.6 is 0 Å². The number of carbonyl (C=O) groups is 4. The molecule has 1 aliphatic heterocycles. The summed E-state index contributed by atoms with van der Waals surface area (Å²) in [6.45, 7) is 1.26. The van der Waals surface area contributed by atoms with E-state index in [-0.39, 0.29) is 33.8 Å². The number of non-ortho nitro benzene ring substituents is 1. The van der Waals surface area contributed by atoms with Crippen molar-refractivity contribution in [1.82, 2.24) is 0 Å². The summed E-state index contributed by atoms with van der Waals surface area (Å²) >= 11 is 0. The molecule has 0 saturated carbocycles. The van der Waals surface area contributed by atoms with Gasteiger partial charge in [-0.15, -0.1) is 0 Å². The minimum absolute atomic E-state index is 0.0709. The standard InChI is InChI=1S/C23H15N3O7/c1-13(27)33-18-8-6-16(7-9-18)25-22(29)19-10-5-15(12-20(19)23(25)30)24-21(28)14-3-2-4-17(11-14)26(31)32/h2-12H,1H3,(H,24,28). The molecule has 0 aliphatic carbocycles. The number of ether oxygens (including phenoxy) is 1. The summed E-state index contributed by atoms with van der Waals surface area (Å²) < 4.78 is 4.95. The monoisotopic (exact) mass is 445 g/mol. The molecule has 1 aliphatic rings. The molecular weight excluding hydrogens is 430 g/mol. The topological polar surface area (TPSA) is 136 Å². The Morgan fingerprint density at radius 1 is 0.939 bits per heavy atom. The van der Waals surface area contributed by atoms with Crippen molar-refractivity contribution in [3.8, 4) is 5.75 Å². The van der Waals surface area contributed by atoms with Gasteiger partial charge in [0.05, 0.1) is 21.7 Å². The van der Waals surface area contributed by atoms with Crippen LogP contribution in [0.5, 0.6) is 5.75 Å². The second-order valence-corrected chi connectivity index (χ2v) is 7.06. The van der Waals surface area contributed by atoms with Crippen molar-refractivity contribution in [2.24, 2.45) is 0 Å². The first kappa shape index (κ1) is 21.4. The molecule has 3 aromatic carbocycles. The fourth-order valence-electron chi connectivity index (χ4n) is 3.35. The van der Waals surface area contributed by atoms with Gasteiger partial charge in [0.2, 0.25) is 0 Å². The molecule has 3 aromatic rings. The number of nitrogens with zero attached hydrogens (tertiary/aromatic N) is 2. The van der Waals surface area contributed by atoms with Crippen molar-refractivity contribution >= 4 is 40.8 Å². The van der Waals surface area contributed by atoms with Gasteiger partial charge in [0.25, 0.3) is 23.4 Å². The zero-order valence-corrected chi connectivity index (χ0v) is 17.1. The molecule has 0 aromatic heterocycles. The Labute approximate surface area is 186 Å². The Bertz CT molecular complexity index is 1330. The highest BCUT2D eigenvalue weighted by molar-refractivity contribution is 6.34. The molecule has 1 heterocycles. The van der Waals surface area contributed by atoms with E-state index in [9.17, 15) is 29.3 Å². The van der Waals surface area contributed by atoms with Crippen molar-refractivity contribution in [2.75, 3.05) is 10.2 Å². The van der Waals surface area contributed by atoms with Crippen LogP contribution in [0, 0.1) is 10.1 Å². The predicted molar refractivity (Wildman–Crippen MR) is 116 cm³/mol. The second-order valence-electron chi connectivity index (χ2n) is 7.06. The van der Waals surface area contributed by atoms with Crippen LogP contribution in [-0.4, -0.2) is 28.6 Å². The Kier molecular flexibility index (Phi) is 5.41. The minimum Gasteiger partial charge on any atom is -0.427 e. The van der Waals surface area contributed by atoms with Gasteiger partial charge in [0.15, 0.2) is 0 Å². The molecule has 0 atom stereocenters. The summed E-state index contributed by atoms with van der Waals surface area (Å²) in [5.74, 6) is -1.95. The molecule has 164 valence electrons. The Morgan fingerprint density at radius 2 is 1.64 bits per heavy atom. The van der Waals surface area contributed by atoms with Crippen molar-refractivity contribution in [2.45, 2.75) is 6.92 Å². The number of carbonyl (C=O) groups excluding carboxylic acids is 4. The zero-order valence-electron chi connectivity index (χ0n) is 17.1. The third-order valence-corrected chi connectivity index (χ3v) is 4.82. The van der Waals surface area contributed by atoms with Crippen LogP contribution in [0.2, 0.25) is 0 Å². The molecule has 1 N–H and O–H groups in total. The summed E-state index contributed by atoms with van der Waals surface area (Å²) in [7, 11) is 0. The third-order valence-electron chi connectivity index (χ3n) is 4.82. The van der Waals surface area contributed by atoms with E-state index in [0.29, 0.717) is 5.69 Å². The smallest absolute Gasteiger partial charge is 0.308 e. The Hall–Kier alpha value is -4.86. The zero-order chi connectivity index (χ0) is 23.7. The van der Waals surface area contributed by atoms with E-state index >= 15 is 0 Å². The first-order valence-electron chi connectivity index (χ1n) is 9.62. The number of nitrogens with one attached hydrogen (secondary N) is 1. The first-order valence-corrected chi connectivity index (χ1v) is 9.62. The molecule has 0 bridgehead atoms. The summed E-state index contributed by atoms with van der Waals surface area (Å²) in [5, 5.41) is 13.5. The van der Waals surface area contributed by atoms with Crippen molar-refractivity contribution in [3.63, 3.8) is 0 Å². The fraction of sp³-hybridized carbons (Fsp3) is 0.0435. The summed E-state index contributed by atoms with van der Waals surface area (Å²) in [6, 6.07) is 15.4. The lowest BCUT2D eigenvalue weighted by molar-refractivity contribution is -0.384. The van der Waals surface area contributed by atoms with E-state index in [1.54, 1.807) is 0 Å². The largest absolute Gasteiger partial charge is 0.427 e. The lowest BCUT2D eigenvalue weighted by Crippen LogP contribution is -2.29. The normalized spacial score (nSPS) is 12.3.